The highest BCUT2D eigenvalue weighted by Crippen LogP contribution is 2.30. The smallest absolute Gasteiger partial charge is 0.273 e. The maximum Gasteiger partial charge on any atom is 0.273 e. The lowest BCUT2D eigenvalue weighted by Gasteiger charge is -2.41. The third-order valence-corrected chi connectivity index (χ3v) is 7.52. The molecular formula is C27H29F3N6O3. The number of likely N-dealkylation sites (tertiary alicyclic amines) is 1. The summed E-state index contributed by atoms with van der Waals surface area (Å²) in [5.74, 6) is -5.20. The van der Waals surface area contributed by atoms with Crippen molar-refractivity contribution >= 4 is 11.8 Å². The van der Waals surface area contributed by atoms with Crippen LogP contribution < -0.4 is 10.6 Å². The van der Waals surface area contributed by atoms with Crippen molar-refractivity contribution in [2.75, 3.05) is 13.1 Å². The predicted octanol–water partition coefficient (Wildman–Crippen LogP) is 3.79. The Hall–Kier alpha value is -3.80. The van der Waals surface area contributed by atoms with Gasteiger partial charge in [0.05, 0.1) is 29.4 Å². The second kappa shape index (κ2) is 11.5. The number of aromatic nitrogens is 3. The summed E-state index contributed by atoms with van der Waals surface area (Å²) in [5.41, 5.74) is -0.216. The van der Waals surface area contributed by atoms with Crippen LogP contribution in [-0.2, 0) is 4.79 Å². The summed E-state index contributed by atoms with van der Waals surface area (Å²) in [4.78, 5) is 37.2. The zero-order valence-corrected chi connectivity index (χ0v) is 21.4. The molecule has 3 heterocycles. The Morgan fingerprint density at radius 2 is 1.82 bits per heavy atom. The summed E-state index contributed by atoms with van der Waals surface area (Å²) in [6, 6.07) is 1.64. The largest absolute Gasteiger partial charge is 0.355 e. The number of hydrogen-bond acceptors (Lipinski definition) is 7. The van der Waals surface area contributed by atoms with Crippen molar-refractivity contribution < 1.29 is 27.3 Å². The van der Waals surface area contributed by atoms with Crippen LogP contribution in [0.15, 0.2) is 41.3 Å². The molecule has 0 radical (unpaired) electrons. The van der Waals surface area contributed by atoms with E-state index in [2.05, 4.69) is 30.7 Å². The van der Waals surface area contributed by atoms with Gasteiger partial charge in [0.2, 0.25) is 5.91 Å². The number of carbonyl (C=O) groups is 2. The van der Waals surface area contributed by atoms with Crippen LogP contribution in [0.25, 0.3) is 11.3 Å². The van der Waals surface area contributed by atoms with E-state index in [4.69, 9.17) is 4.52 Å². The highest BCUT2D eigenvalue weighted by molar-refractivity contribution is 5.94. The number of nitrogens with zero attached hydrogens (tertiary/aromatic N) is 4. The first-order chi connectivity index (χ1) is 18.8. The van der Waals surface area contributed by atoms with Crippen molar-refractivity contribution in [1.82, 2.24) is 30.7 Å². The number of piperidine rings is 1. The first kappa shape index (κ1) is 26.8. The van der Waals surface area contributed by atoms with E-state index in [0.29, 0.717) is 36.8 Å². The zero-order valence-electron chi connectivity index (χ0n) is 21.4. The number of halogens is 3. The number of nitrogens with one attached hydrogen (secondary N) is 2. The fraction of sp³-hybridized carbons (Fsp3) is 0.444. The van der Waals surface area contributed by atoms with E-state index in [9.17, 15) is 22.8 Å². The molecule has 2 aliphatic rings. The van der Waals surface area contributed by atoms with Gasteiger partial charge in [-0.15, -0.1) is 0 Å². The molecule has 0 spiro atoms. The van der Waals surface area contributed by atoms with E-state index in [1.165, 1.54) is 0 Å². The van der Waals surface area contributed by atoms with Crippen molar-refractivity contribution in [3.05, 3.63) is 65.6 Å². The topological polar surface area (TPSA) is 113 Å². The Morgan fingerprint density at radius 1 is 1.08 bits per heavy atom. The zero-order chi connectivity index (χ0) is 27.5. The van der Waals surface area contributed by atoms with E-state index in [0.717, 1.165) is 38.3 Å². The molecule has 1 saturated heterocycles. The van der Waals surface area contributed by atoms with Crippen molar-refractivity contribution in [2.45, 2.75) is 57.2 Å². The molecule has 3 aromatic rings. The summed E-state index contributed by atoms with van der Waals surface area (Å²) in [6.07, 6.45) is 9.71. The van der Waals surface area contributed by atoms with Gasteiger partial charge in [0, 0.05) is 55.8 Å². The molecule has 12 heteroatoms. The summed E-state index contributed by atoms with van der Waals surface area (Å²) in [6.45, 7) is 3.01. The first-order valence-electron chi connectivity index (χ1n) is 13.0. The first-order valence-corrected chi connectivity index (χ1v) is 13.0. The van der Waals surface area contributed by atoms with E-state index in [-0.39, 0.29) is 23.4 Å². The number of carbonyl (C=O) groups excluding carboxylic acids is 2. The lowest BCUT2D eigenvalue weighted by atomic mass is 9.89. The third-order valence-electron chi connectivity index (χ3n) is 7.52. The summed E-state index contributed by atoms with van der Waals surface area (Å²) in [7, 11) is 0. The van der Waals surface area contributed by atoms with Crippen LogP contribution in [0, 0.1) is 23.4 Å². The van der Waals surface area contributed by atoms with Crippen LogP contribution in [0.3, 0.4) is 0 Å². The van der Waals surface area contributed by atoms with Gasteiger partial charge in [-0.25, -0.2) is 13.2 Å². The monoisotopic (exact) mass is 542 g/mol. The van der Waals surface area contributed by atoms with Crippen LogP contribution in [-0.4, -0.2) is 57.0 Å². The molecule has 9 nitrogen and oxygen atoms in total. The molecule has 3 atom stereocenters. The van der Waals surface area contributed by atoms with Gasteiger partial charge < -0.3 is 15.2 Å². The van der Waals surface area contributed by atoms with Crippen molar-refractivity contribution in [1.29, 1.82) is 0 Å². The minimum Gasteiger partial charge on any atom is -0.355 e. The second-order valence-corrected chi connectivity index (χ2v) is 10.1. The van der Waals surface area contributed by atoms with Gasteiger partial charge in [-0.05, 0) is 26.2 Å². The minimum absolute atomic E-state index is 0.210. The van der Waals surface area contributed by atoms with Crippen LogP contribution in [0.2, 0.25) is 0 Å². The van der Waals surface area contributed by atoms with Crippen molar-refractivity contribution in [2.24, 2.45) is 5.92 Å². The quantitative estimate of drug-likeness (QED) is 0.467. The fourth-order valence-electron chi connectivity index (χ4n) is 5.47. The molecule has 0 bridgehead atoms. The Balaban J connectivity index is 1.32. The van der Waals surface area contributed by atoms with Crippen molar-refractivity contribution in [3.63, 3.8) is 0 Å². The molecule has 39 heavy (non-hydrogen) atoms. The highest BCUT2D eigenvalue weighted by atomic mass is 19.1. The van der Waals surface area contributed by atoms with E-state index in [1.807, 2.05) is 6.92 Å². The van der Waals surface area contributed by atoms with Gasteiger partial charge in [-0.1, -0.05) is 18.0 Å². The van der Waals surface area contributed by atoms with Crippen LogP contribution in [0.1, 0.15) is 61.3 Å². The summed E-state index contributed by atoms with van der Waals surface area (Å²) >= 11 is 0. The molecule has 2 amide bonds. The maximum absolute atomic E-state index is 14.2. The molecular weight excluding hydrogens is 513 g/mol. The Morgan fingerprint density at radius 3 is 2.51 bits per heavy atom. The highest BCUT2D eigenvalue weighted by Gasteiger charge is 2.39. The average molecular weight is 543 g/mol. The minimum atomic E-state index is -1.18. The summed E-state index contributed by atoms with van der Waals surface area (Å²) < 4.78 is 46.7. The maximum atomic E-state index is 14.2. The van der Waals surface area contributed by atoms with Crippen LogP contribution in [0.4, 0.5) is 13.2 Å². The lowest BCUT2D eigenvalue weighted by Crippen LogP contribution is -2.57. The van der Waals surface area contributed by atoms with Gasteiger partial charge >= 0.3 is 0 Å². The fourth-order valence-corrected chi connectivity index (χ4v) is 5.47. The third kappa shape index (κ3) is 5.95. The van der Waals surface area contributed by atoms with Gasteiger partial charge in [-0.2, -0.15) is 0 Å². The molecule has 1 saturated carbocycles. The lowest BCUT2D eigenvalue weighted by molar-refractivity contribution is -0.128. The SMILES string of the molecule is C[C@@H](NC(=O)[C@@H]1CN(C2CCCC2)CC[C@H]1NC(=O)c1cc(-c2c(F)cc(F)cc2F)on1)c1cnccn1. The molecule has 2 N–H and O–H groups in total. The predicted molar refractivity (Wildman–Crippen MR) is 134 cm³/mol. The summed E-state index contributed by atoms with van der Waals surface area (Å²) in [5, 5.41) is 9.52. The second-order valence-electron chi connectivity index (χ2n) is 10.1. The average Bonchev–Trinajstić information content (AvgIpc) is 3.62. The molecule has 1 aliphatic heterocycles. The Kier molecular flexibility index (Phi) is 7.92. The Bertz CT molecular complexity index is 1310. The van der Waals surface area contributed by atoms with Crippen molar-refractivity contribution in [3.8, 4) is 11.3 Å². The molecule has 2 aromatic heterocycles. The molecule has 5 rings (SSSR count). The Labute approximate surface area is 223 Å². The molecule has 206 valence electrons. The van der Waals surface area contributed by atoms with E-state index in [1.54, 1.807) is 18.6 Å². The molecule has 0 unspecified atom stereocenters. The van der Waals surface area contributed by atoms with Crippen LogP contribution >= 0.6 is 0 Å². The number of rotatable bonds is 7. The molecule has 1 aliphatic carbocycles. The van der Waals surface area contributed by atoms with Gasteiger partial charge in [-0.3, -0.25) is 24.5 Å². The number of amides is 2. The standard InChI is InChI=1S/C27H29F3N6O3/c1-15(23-13-31-7-8-32-23)33-26(37)18-14-36(17-4-2-3-5-17)9-6-21(18)34-27(38)22-12-24(39-35-22)25-19(29)10-16(28)11-20(25)30/h7-8,10-13,15,17-18,21H,2-6,9,14H2,1H3,(H,33,37)(H,34,38)/t15-,18-,21-/m1/s1. The van der Waals surface area contributed by atoms with Crippen LogP contribution in [0.5, 0.6) is 0 Å². The van der Waals surface area contributed by atoms with E-state index >= 15 is 0 Å². The normalized spacial score (nSPS) is 21.0. The number of benzene rings is 1. The number of hydrogen-bond donors (Lipinski definition) is 2. The van der Waals surface area contributed by atoms with Gasteiger partial charge in [0.1, 0.15) is 17.5 Å². The molecule has 1 aromatic carbocycles. The molecule has 2 fully saturated rings. The van der Waals surface area contributed by atoms with E-state index < -0.39 is 40.9 Å². The van der Waals surface area contributed by atoms with Gasteiger partial charge in [0.25, 0.3) is 5.91 Å². The van der Waals surface area contributed by atoms with Gasteiger partial charge in [0.15, 0.2) is 11.5 Å².